The van der Waals surface area contributed by atoms with Gasteiger partial charge in [-0.1, -0.05) is 19.1 Å². The third-order valence-electron chi connectivity index (χ3n) is 7.24. The molecule has 0 N–H and O–H groups in total. The average molecular weight is 526 g/mol. The van der Waals surface area contributed by atoms with Crippen molar-refractivity contribution in [1.29, 1.82) is 0 Å². The van der Waals surface area contributed by atoms with Gasteiger partial charge in [0.05, 0.1) is 27.4 Å². The number of benzene rings is 2. The van der Waals surface area contributed by atoms with Gasteiger partial charge in [0.25, 0.3) is 0 Å². The van der Waals surface area contributed by atoms with Gasteiger partial charge in [0.1, 0.15) is 6.61 Å². The number of carbonyl (C=O) groups excluding carboxylic acids is 2. The van der Waals surface area contributed by atoms with Crippen LogP contribution in [-0.2, 0) is 25.4 Å². The number of ether oxygens (including phenoxy) is 7. The lowest BCUT2D eigenvalue weighted by Crippen LogP contribution is -2.51. The number of cyclic esters (lactones) is 1. The summed E-state index contributed by atoms with van der Waals surface area (Å²) in [6.45, 7) is 2.41. The lowest BCUT2D eigenvalue weighted by molar-refractivity contribution is -0.147. The first-order valence-corrected chi connectivity index (χ1v) is 12.5. The van der Waals surface area contributed by atoms with E-state index in [9.17, 15) is 9.59 Å². The molecule has 1 amide bonds. The lowest BCUT2D eigenvalue weighted by atomic mass is 9.78. The van der Waals surface area contributed by atoms with E-state index in [0.29, 0.717) is 35.8 Å². The maximum absolute atomic E-state index is 13.0. The second kappa shape index (κ2) is 10.7. The number of hydrogen-bond acceptors (Lipinski definition) is 9. The number of amides is 1. The van der Waals surface area contributed by atoms with Crippen molar-refractivity contribution in [3.63, 3.8) is 0 Å². The predicted octanol–water partition coefficient (Wildman–Crippen LogP) is 4.02. The van der Waals surface area contributed by atoms with Crippen molar-refractivity contribution >= 4 is 12.1 Å². The number of rotatable bonds is 8. The van der Waals surface area contributed by atoms with E-state index < -0.39 is 18.3 Å². The highest BCUT2D eigenvalue weighted by Gasteiger charge is 2.48. The van der Waals surface area contributed by atoms with Crippen LogP contribution in [0.1, 0.15) is 30.4 Å². The van der Waals surface area contributed by atoms with E-state index >= 15 is 0 Å². The molecule has 4 atom stereocenters. The van der Waals surface area contributed by atoms with Crippen molar-refractivity contribution < 1.29 is 42.7 Å². The highest BCUT2D eigenvalue weighted by molar-refractivity contribution is 5.86. The Morgan fingerprint density at radius 3 is 2.53 bits per heavy atom. The van der Waals surface area contributed by atoms with Crippen LogP contribution in [0.3, 0.4) is 0 Å². The number of methoxy groups -OCH3 is 3. The van der Waals surface area contributed by atoms with Crippen molar-refractivity contribution in [3.8, 4) is 23.0 Å². The van der Waals surface area contributed by atoms with Gasteiger partial charge in [-0.05, 0) is 54.3 Å². The van der Waals surface area contributed by atoms with Crippen LogP contribution >= 0.6 is 0 Å². The third-order valence-corrected chi connectivity index (χ3v) is 7.24. The number of fused-ring (bicyclic) bond motifs is 1. The second-order valence-corrected chi connectivity index (χ2v) is 9.27. The molecule has 38 heavy (non-hydrogen) atoms. The molecule has 0 saturated carbocycles. The minimum absolute atomic E-state index is 0.0359. The highest BCUT2D eigenvalue weighted by Crippen LogP contribution is 2.44. The zero-order valence-electron chi connectivity index (χ0n) is 21.8. The zero-order chi connectivity index (χ0) is 26.8. The standard InChI is InChI=1S/C28H31NO9/c1-5-18-14-35-28(31)29(18)26-20(10-16-6-8-22-24(11-16)37-15-36-22)19(13-25(38-26)27(30)34-4)17-7-9-21(32-2)23(12-17)33-3/h6-9,11-13,18-20,26H,5,10,14-15H2,1-4H3/t18-,19-,20-,26-/m1/s1. The van der Waals surface area contributed by atoms with Crippen LogP contribution < -0.4 is 18.9 Å². The molecule has 1 saturated heterocycles. The molecule has 0 radical (unpaired) electrons. The van der Waals surface area contributed by atoms with E-state index in [1.807, 2.05) is 43.3 Å². The first-order chi connectivity index (χ1) is 18.5. The molecule has 0 aliphatic carbocycles. The van der Waals surface area contributed by atoms with Crippen LogP contribution in [0.15, 0.2) is 48.2 Å². The predicted molar refractivity (Wildman–Crippen MR) is 134 cm³/mol. The van der Waals surface area contributed by atoms with Crippen LogP contribution in [0.5, 0.6) is 23.0 Å². The topological polar surface area (TPSA) is 102 Å². The summed E-state index contributed by atoms with van der Waals surface area (Å²) in [7, 11) is 4.44. The summed E-state index contributed by atoms with van der Waals surface area (Å²) in [5.74, 6) is 1.24. The number of nitrogens with zero attached hydrogens (tertiary/aromatic N) is 1. The molecule has 0 bridgehead atoms. The molecule has 0 aromatic heterocycles. The Balaban J connectivity index is 1.62. The first kappa shape index (κ1) is 25.6. The average Bonchev–Trinajstić information content (AvgIpc) is 3.57. The van der Waals surface area contributed by atoms with E-state index in [1.165, 1.54) is 7.11 Å². The fourth-order valence-electron chi connectivity index (χ4n) is 5.27. The van der Waals surface area contributed by atoms with Crippen molar-refractivity contribution in [2.24, 2.45) is 5.92 Å². The van der Waals surface area contributed by atoms with E-state index in [1.54, 1.807) is 25.2 Å². The molecule has 10 heteroatoms. The number of hydrogen-bond donors (Lipinski definition) is 0. The molecule has 3 heterocycles. The molecule has 10 nitrogen and oxygen atoms in total. The van der Waals surface area contributed by atoms with E-state index in [0.717, 1.165) is 11.1 Å². The van der Waals surface area contributed by atoms with Crippen LogP contribution in [0.25, 0.3) is 0 Å². The number of esters is 1. The van der Waals surface area contributed by atoms with Gasteiger partial charge in [-0.2, -0.15) is 0 Å². The van der Waals surface area contributed by atoms with E-state index in [4.69, 9.17) is 33.2 Å². The van der Waals surface area contributed by atoms with Crippen LogP contribution in [0, 0.1) is 5.92 Å². The maximum atomic E-state index is 13.0. The Hall–Kier alpha value is -4.08. The largest absolute Gasteiger partial charge is 0.493 e. The Morgan fingerprint density at radius 2 is 1.79 bits per heavy atom. The van der Waals surface area contributed by atoms with Gasteiger partial charge in [0.2, 0.25) is 12.6 Å². The molecule has 5 rings (SSSR count). The van der Waals surface area contributed by atoms with Crippen molar-refractivity contribution in [2.75, 3.05) is 34.7 Å². The minimum Gasteiger partial charge on any atom is -0.493 e. The van der Waals surface area contributed by atoms with Crippen LogP contribution in [0.2, 0.25) is 0 Å². The van der Waals surface area contributed by atoms with E-state index in [2.05, 4.69) is 0 Å². The summed E-state index contributed by atoms with van der Waals surface area (Å²) in [6, 6.07) is 11.2. The van der Waals surface area contributed by atoms with Gasteiger partial charge in [-0.25, -0.2) is 9.59 Å². The minimum atomic E-state index is -0.794. The third kappa shape index (κ3) is 4.66. The fourth-order valence-corrected chi connectivity index (χ4v) is 5.27. The van der Waals surface area contributed by atoms with Gasteiger partial charge < -0.3 is 33.2 Å². The van der Waals surface area contributed by atoms with Gasteiger partial charge >= 0.3 is 12.1 Å². The number of allylic oxidation sites excluding steroid dienone is 1. The van der Waals surface area contributed by atoms with Gasteiger partial charge in [-0.15, -0.1) is 0 Å². The zero-order valence-corrected chi connectivity index (χ0v) is 21.8. The Morgan fingerprint density at radius 1 is 1.00 bits per heavy atom. The summed E-state index contributed by atoms with van der Waals surface area (Å²) in [5.41, 5.74) is 1.83. The summed E-state index contributed by atoms with van der Waals surface area (Å²) in [5, 5.41) is 0. The molecule has 0 spiro atoms. The molecule has 3 aliphatic heterocycles. The molecule has 2 aromatic carbocycles. The molecule has 202 valence electrons. The summed E-state index contributed by atoms with van der Waals surface area (Å²) in [6.07, 6.45) is 1.66. The van der Waals surface area contributed by atoms with Gasteiger partial charge in [-0.3, -0.25) is 4.90 Å². The van der Waals surface area contributed by atoms with Crippen molar-refractivity contribution in [3.05, 3.63) is 59.4 Å². The fraction of sp³-hybridized carbons (Fsp3) is 0.429. The van der Waals surface area contributed by atoms with Crippen molar-refractivity contribution in [2.45, 2.75) is 38.0 Å². The molecular weight excluding hydrogens is 494 g/mol. The highest BCUT2D eigenvalue weighted by atomic mass is 16.7. The maximum Gasteiger partial charge on any atom is 0.413 e. The summed E-state index contributed by atoms with van der Waals surface area (Å²) >= 11 is 0. The van der Waals surface area contributed by atoms with E-state index in [-0.39, 0.29) is 37.0 Å². The summed E-state index contributed by atoms with van der Waals surface area (Å²) in [4.78, 5) is 27.3. The molecule has 1 fully saturated rings. The first-order valence-electron chi connectivity index (χ1n) is 12.5. The lowest BCUT2D eigenvalue weighted by Gasteiger charge is -2.42. The van der Waals surface area contributed by atoms with Crippen molar-refractivity contribution in [1.82, 2.24) is 4.90 Å². The molecule has 2 aromatic rings. The quantitative estimate of drug-likeness (QED) is 0.473. The van der Waals surface area contributed by atoms with Crippen LogP contribution in [0.4, 0.5) is 4.79 Å². The SMILES string of the molecule is CC[C@@H]1COC(=O)N1[C@@H]1OC(C(=O)OC)=C[C@H](c2ccc(OC)c(OC)c2)[C@H]1Cc1ccc2c(c1)OCO2. The molecular formula is C28H31NO9. The normalized spacial score (nSPS) is 23.8. The Kier molecular flexibility index (Phi) is 7.22. The smallest absolute Gasteiger partial charge is 0.413 e. The van der Waals surface area contributed by atoms with Crippen LogP contribution in [-0.4, -0.2) is 64.0 Å². The molecule has 3 aliphatic rings. The Bertz CT molecular complexity index is 1240. The van der Waals surface area contributed by atoms with Gasteiger partial charge in [0.15, 0.2) is 29.2 Å². The summed E-state index contributed by atoms with van der Waals surface area (Å²) < 4.78 is 38.7. The monoisotopic (exact) mass is 525 g/mol. The second-order valence-electron chi connectivity index (χ2n) is 9.27. The van der Waals surface area contributed by atoms with Gasteiger partial charge in [0, 0.05) is 11.8 Å². The number of carbonyl (C=O) groups is 2. The Labute approximate surface area is 220 Å². The molecule has 0 unspecified atom stereocenters.